The number of nitrogens with one attached hydrogen (secondary N) is 2. The van der Waals surface area contributed by atoms with Crippen LogP contribution < -0.4 is 15.5 Å². The lowest BCUT2D eigenvalue weighted by Crippen LogP contribution is -2.31. The summed E-state index contributed by atoms with van der Waals surface area (Å²) in [6.45, 7) is 3.64. The fraction of sp³-hybridized carbons (Fsp3) is 0.476. The molecular weight excluding hydrogens is 507 g/mol. The molecular formula is C21H23F5N8O3. The van der Waals surface area contributed by atoms with Gasteiger partial charge in [0.2, 0.25) is 0 Å². The van der Waals surface area contributed by atoms with Gasteiger partial charge in [0, 0.05) is 51.0 Å². The first-order valence-electron chi connectivity index (χ1n) is 11.1. The summed E-state index contributed by atoms with van der Waals surface area (Å²) in [6, 6.07) is 1.89. The Morgan fingerprint density at radius 2 is 1.97 bits per heavy atom. The summed E-state index contributed by atoms with van der Waals surface area (Å²) in [5.41, 5.74) is 0.422. The second kappa shape index (κ2) is 9.91. The van der Waals surface area contributed by atoms with Crippen LogP contribution in [0.2, 0.25) is 0 Å². The van der Waals surface area contributed by atoms with Crippen molar-refractivity contribution in [2.24, 2.45) is 12.5 Å². The summed E-state index contributed by atoms with van der Waals surface area (Å²) < 4.78 is 60.8. The van der Waals surface area contributed by atoms with Crippen LogP contribution in [0.1, 0.15) is 35.3 Å². The lowest BCUT2D eigenvalue weighted by Gasteiger charge is -2.24. The van der Waals surface area contributed by atoms with Gasteiger partial charge in [-0.25, -0.2) is 23.1 Å². The van der Waals surface area contributed by atoms with Crippen molar-refractivity contribution in [2.75, 3.05) is 36.4 Å². The van der Waals surface area contributed by atoms with E-state index in [2.05, 4.69) is 30.7 Å². The Morgan fingerprint density at radius 1 is 1.27 bits per heavy atom. The average molecular weight is 530 g/mol. The Morgan fingerprint density at radius 3 is 2.59 bits per heavy atom. The molecule has 0 atom stereocenters. The largest absolute Gasteiger partial charge is 0.490 e. The second-order valence-corrected chi connectivity index (χ2v) is 8.87. The van der Waals surface area contributed by atoms with Gasteiger partial charge in [0.15, 0.2) is 11.3 Å². The molecule has 1 spiro atoms. The summed E-state index contributed by atoms with van der Waals surface area (Å²) in [5, 5.41) is 21.0. The molecule has 37 heavy (non-hydrogen) atoms. The van der Waals surface area contributed by atoms with Gasteiger partial charge in [0.25, 0.3) is 12.3 Å². The highest BCUT2D eigenvalue weighted by atomic mass is 19.4. The lowest BCUT2D eigenvalue weighted by molar-refractivity contribution is -0.192. The third kappa shape index (κ3) is 5.95. The molecule has 1 aliphatic carbocycles. The van der Waals surface area contributed by atoms with Crippen molar-refractivity contribution < 1.29 is 36.6 Å². The van der Waals surface area contributed by atoms with E-state index >= 15 is 0 Å². The molecule has 1 saturated heterocycles. The molecule has 3 N–H and O–H groups in total. The van der Waals surface area contributed by atoms with Crippen LogP contribution in [-0.4, -0.2) is 73.7 Å². The van der Waals surface area contributed by atoms with E-state index in [9.17, 15) is 26.7 Å². The van der Waals surface area contributed by atoms with E-state index in [1.807, 2.05) is 6.07 Å². The van der Waals surface area contributed by atoms with Crippen LogP contribution in [0.15, 0.2) is 24.7 Å². The Kier molecular flexibility index (Phi) is 7.03. The highest BCUT2D eigenvalue weighted by Crippen LogP contribution is 2.46. The van der Waals surface area contributed by atoms with Gasteiger partial charge in [-0.05, 0) is 18.9 Å². The van der Waals surface area contributed by atoms with Crippen molar-refractivity contribution in [3.05, 3.63) is 35.9 Å². The molecule has 1 aliphatic heterocycles. The standard InChI is InChI=1S/C19H22F2N8O.C2HF3O2/c1-27-9-13(15(26-27)16(20)21)24-18(30)12-8-23-29-6-2-14(25-17(12)29)28-7-5-22-10-19(11-28)3-4-19;3-2(4,5)1(6)7/h2,6,8-9,16,22H,3-5,7,10-11H2,1H3,(H,24,30);(H,6,7). The summed E-state index contributed by atoms with van der Waals surface area (Å²) in [7, 11) is 1.52. The van der Waals surface area contributed by atoms with Crippen molar-refractivity contribution >= 4 is 29.0 Å². The zero-order valence-corrected chi connectivity index (χ0v) is 19.5. The summed E-state index contributed by atoms with van der Waals surface area (Å²) in [5.74, 6) is -2.53. The van der Waals surface area contributed by atoms with Crippen LogP contribution in [-0.2, 0) is 11.8 Å². The molecule has 0 radical (unpaired) electrons. The molecule has 2 aliphatic rings. The SMILES string of the molecule is Cn1cc(NC(=O)c2cnn3ccc(N4CCNCC5(CC5)C4)nc23)c(C(F)F)n1.O=C(O)C(F)(F)F. The molecule has 0 bridgehead atoms. The third-order valence-electron chi connectivity index (χ3n) is 6.02. The lowest BCUT2D eigenvalue weighted by atomic mass is 10.1. The maximum atomic E-state index is 13.2. The fourth-order valence-corrected chi connectivity index (χ4v) is 3.96. The van der Waals surface area contributed by atoms with Crippen molar-refractivity contribution in [3.63, 3.8) is 0 Å². The quantitative estimate of drug-likeness (QED) is 0.439. The zero-order valence-electron chi connectivity index (χ0n) is 19.5. The molecule has 16 heteroatoms. The van der Waals surface area contributed by atoms with Crippen molar-refractivity contribution in [1.29, 1.82) is 0 Å². The Hall–Kier alpha value is -3.82. The number of hydrogen-bond acceptors (Lipinski definition) is 7. The van der Waals surface area contributed by atoms with E-state index in [1.165, 1.54) is 41.5 Å². The number of aryl methyl sites for hydroxylation is 1. The van der Waals surface area contributed by atoms with Crippen LogP contribution in [0.4, 0.5) is 33.5 Å². The normalized spacial score (nSPS) is 16.9. The first kappa shape index (κ1) is 26.2. The maximum absolute atomic E-state index is 13.2. The monoisotopic (exact) mass is 530 g/mol. The van der Waals surface area contributed by atoms with Gasteiger partial charge in [-0.1, -0.05) is 0 Å². The van der Waals surface area contributed by atoms with Gasteiger partial charge in [-0.2, -0.15) is 23.4 Å². The van der Waals surface area contributed by atoms with Gasteiger partial charge in [0.05, 0.1) is 11.9 Å². The molecule has 200 valence electrons. The molecule has 2 fully saturated rings. The number of rotatable bonds is 4. The molecule has 1 saturated carbocycles. The molecule has 3 aromatic rings. The second-order valence-electron chi connectivity index (χ2n) is 8.87. The van der Waals surface area contributed by atoms with Crippen LogP contribution in [0.25, 0.3) is 5.65 Å². The number of hydrogen-bond donors (Lipinski definition) is 3. The highest BCUT2D eigenvalue weighted by molar-refractivity contribution is 6.08. The van der Waals surface area contributed by atoms with Gasteiger partial charge >= 0.3 is 12.1 Å². The zero-order chi connectivity index (χ0) is 27.0. The maximum Gasteiger partial charge on any atom is 0.490 e. The van der Waals surface area contributed by atoms with Gasteiger partial charge < -0.3 is 20.6 Å². The minimum Gasteiger partial charge on any atom is -0.475 e. The Labute approximate surface area is 206 Å². The minimum atomic E-state index is -5.08. The third-order valence-corrected chi connectivity index (χ3v) is 6.02. The van der Waals surface area contributed by atoms with Gasteiger partial charge in [-0.15, -0.1) is 0 Å². The summed E-state index contributed by atoms with van der Waals surface area (Å²) in [4.78, 5) is 28.6. The fourth-order valence-electron chi connectivity index (χ4n) is 3.96. The first-order valence-corrected chi connectivity index (χ1v) is 11.1. The smallest absolute Gasteiger partial charge is 0.475 e. The number of halogens is 5. The molecule has 0 unspecified atom stereocenters. The Bertz CT molecular complexity index is 1300. The number of nitrogens with zero attached hydrogens (tertiary/aromatic N) is 6. The van der Waals surface area contributed by atoms with E-state index in [0.29, 0.717) is 11.1 Å². The number of carboxylic acid groups (broad SMARTS) is 1. The average Bonchev–Trinajstić information content (AvgIpc) is 3.37. The van der Waals surface area contributed by atoms with E-state index in [-0.39, 0.29) is 11.3 Å². The molecule has 1 amide bonds. The molecule has 3 aromatic heterocycles. The van der Waals surface area contributed by atoms with Crippen molar-refractivity contribution in [3.8, 4) is 0 Å². The predicted molar refractivity (Wildman–Crippen MR) is 120 cm³/mol. The van der Waals surface area contributed by atoms with Crippen LogP contribution in [0, 0.1) is 5.41 Å². The molecule has 4 heterocycles. The minimum absolute atomic E-state index is 0.0257. The molecule has 11 nitrogen and oxygen atoms in total. The number of alkyl halides is 5. The predicted octanol–water partition coefficient (Wildman–Crippen LogP) is 2.48. The van der Waals surface area contributed by atoms with E-state index in [4.69, 9.17) is 9.90 Å². The number of anilines is 2. The number of amides is 1. The summed E-state index contributed by atoms with van der Waals surface area (Å²) in [6.07, 6.45) is -0.953. The number of carboxylic acids is 1. The van der Waals surface area contributed by atoms with Crippen LogP contribution in [0.3, 0.4) is 0 Å². The van der Waals surface area contributed by atoms with E-state index < -0.39 is 30.2 Å². The topological polar surface area (TPSA) is 130 Å². The van der Waals surface area contributed by atoms with Crippen molar-refractivity contribution in [1.82, 2.24) is 29.7 Å². The highest BCUT2D eigenvalue weighted by Gasteiger charge is 2.44. The molecule has 0 aromatic carbocycles. The number of aromatic nitrogens is 5. The number of carbonyl (C=O) groups is 2. The van der Waals surface area contributed by atoms with Gasteiger partial charge in [0.1, 0.15) is 11.4 Å². The first-order chi connectivity index (χ1) is 17.4. The molecule has 5 rings (SSSR count). The number of fused-ring (bicyclic) bond motifs is 1. The number of aliphatic carboxylic acids is 1. The van der Waals surface area contributed by atoms with Crippen molar-refractivity contribution in [2.45, 2.75) is 25.4 Å². The van der Waals surface area contributed by atoms with E-state index in [1.54, 1.807) is 6.20 Å². The van der Waals surface area contributed by atoms with Crippen LogP contribution in [0.5, 0.6) is 0 Å². The summed E-state index contributed by atoms with van der Waals surface area (Å²) >= 11 is 0. The van der Waals surface area contributed by atoms with E-state index in [0.717, 1.165) is 32.0 Å². The van der Waals surface area contributed by atoms with Gasteiger partial charge in [-0.3, -0.25) is 9.48 Å². The number of carbonyl (C=O) groups excluding carboxylic acids is 1. The van der Waals surface area contributed by atoms with Crippen LogP contribution >= 0.6 is 0 Å². The Balaban J connectivity index is 0.000000405.